The smallest absolute Gasteiger partial charge is 0.427 e. The van der Waals surface area contributed by atoms with E-state index in [-0.39, 0.29) is 6.32 Å². The fourth-order valence-electron chi connectivity index (χ4n) is 0.903. The topological polar surface area (TPSA) is 40.5 Å². The molecule has 0 aromatic heterocycles. The maximum atomic E-state index is 8.67. The van der Waals surface area contributed by atoms with Crippen LogP contribution in [0.2, 0.25) is 10.0 Å². The predicted octanol–water partition coefficient (Wildman–Crippen LogP) is 1.55. The third kappa shape index (κ3) is 2.39. The molecule has 0 aliphatic carbocycles. The Morgan fingerprint density at radius 3 is 2.50 bits per heavy atom. The van der Waals surface area contributed by atoms with E-state index in [4.69, 9.17) is 33.2 Å². The van der Waals surface area contributed by atoms with E-state index in [2.05, 4.69) is 0 Å². The van der Waals surface area contributed by atoms with Gasteiger partial charge in [-0.15, -0.1) is 0 Å². The molecule has 0 aliphatic rings. The molecular weight excluding hydrogens is 198 g/mol. The van der Waals surface area contributed by atoms with Crippen molar-refractivity contribution < 1.29 is 10.0 Å². The SMILES string of the molecule is OB(O)Cc1cccc(Cl)c1Cl. The summed E-state index contributed by atoms with van der Waals surface area (Å²) in [4.78, 5) is 0. The van der Waals surface area contributed by atoms with Gasteiger partial charge in [-0.2, -0.15) is 0 Å². The fraction of sp³-hybridized carbons (Fsp3) is 0.143. The van der Waals surface area contributed by atoms with Crippen molar-refractivity contribution in [2.45, 2.75) is 6.32 Å². The molecule has 0 radical (unpaired) electrons. The van der Waals surface area contributed by atoms with E-state index in [0.29, 0.717) is 15.6 Å². The molecule has 2 N–H and O–H groups in total. The summed E-state index contributed by atoms with van der Waals surface area (Å²) < 4.78 is 0. The van der Waals surface area contributed by atoms with Gasteiger partial charge < -0.3 is 10.0 Å². The molecule has 64 valence electrons. The van der Waals surface area contributed by atoms with Crippen LogP contribution in [0, 0.1) is 0 Å². The molecule has 12 heavy (non-hydrogen) atoms. The lowest BCUT2D eigenvalue weighted by Crippen LogP contribution is -2.15. The molecule has 0 bridgehead atoms. The fourth-order valence-corrected chi connectivity index (χ4v) is 1.30. The average molecular weight is 205 g/mol. The maximum absolute atomic E-state index is 8.67. The van der Waals surface area contributed by atoms with Gasteiger partial charge >= 0.3 is 7.12 Å². The normalized spacial score (nSPS) is 10.0. The van der Waals surface area contributed by atoms with Gasteiger partial charge in [0.15, 0.2) is 0 Å². The lowest BCUT2D eigenvalue weighted by Gasteiger charge is -2.03. The molecule has 0 aliphatic heterocycles. The van der Waals surface area contributed by atoms with Crippen LogP contribution in [0.1, 0.15) is 5.56 Å². The Bertz CT molecular complexity index is 278. The van der Waals surface area contributed by atoms with Crippen molar-refractivity contribution in [1.29, 1.82) is 0 Å². The second kappa shape index (κ2) is 4.14. The average Bonchev–Trinajstić information content (AvgIpc) is 1.98. The quantitative estimate of drug-likeness (QED) is 0.718. The summed E-state index contributed by atoms with van der Waals surface area (Å²) in [6.07, 6.45) is 0.0966. The summed E-state index contributed by atoms with van der Waals surface area (Å²) in [6, 6.07) is 5.07. The van der Waals surface area contributed by atoms with E-state index in [0.717, 1.165) is 0 Å². The van der Waals surface area contributed by atoms with Crippen molar-refractivity contribution in [2.24, 2.45) is 0 Å². The highest BCUT2D eigenvalue weighted by atomic mass is 35.5. The van der Waals surface area contributed by atoms with E-state index in [9.17, 15) is 0 Å². The summed E-state index contributed by atoms with van der Waals surface area (Å²) in [5.74, 6) is 0. The van der Waals surface area contributed by atoms with Gasteiger partial charge in [-0.05, 0) is 11.6 Å². The highest BCUT2D eigenvalue weighted by Gasteiger charge is 2.11. The summed E-state index contributed by atoms with van der Waals surface area (Å²) >= 11 is 11.5. The molecule has 1 aromatic carbocycles. The van der Waals surface area contributed by atoms with Gasteiger partial charge in [0.1, 0.15) is 0 Å². The van der Waals surface area contributed by atoms with Crippen molar-refractivity contribution in [2.75, 3.05) is 0 Å². The van der Waals surface area contributed by atoms with Crippen LogP contribution in [0.3, 0.4) is 0 Å². The van der Waals surface area contributed by atoms with Crippen LogP contribution in [0.25, 0.3) is 0 Å². The predicted molar refractivity (Wildman–Crippen MR) is 50.4 cm³/mol. The van der Waals surface area contributed by atoms with Crippen molar-refractivity contribution in [3.05, 3.63) is 33.8 Å². The molecule has 0 heterocycles. The van der Waals surface area contributed by atoms with Crippen LogP contribution < -0.4 is 0 Å². The molecule has 0 saturated heterocycles. The highest BCUT2D eigenvalue weighted by Crippen LogP contribution is 2.25. The number of benzene rings is 1. The Hall–Kier alpha value is -0.215. The number of rotatable bonds is 2. The maximum Gasteiger partial charge on any atom is 0.456 e. The Labute approximate surface area is 80.9 Å². The van der Waals surface area contributed by atoms with Crippen molar-refractivity contribution in [3.8, 4) is 0 Å². The molecular formula is C7H7BCl2O2. The minimum absolute atomic E-state index is 0.0966. The van der Waals surface area contributed by atoms with E-state index in [1.54, 1.807) is 18.2 Å². The number of halogens is 2. The number of hydrogen-bond donors (Lipinski definition) is 2. The lowest BCUT2D eigenvalue weighted by atomic mass is 9.82. The van der Waals surface area contributed by atoms with Crippen LogP contribution >= 0.6 is 23.2 Å². The zero-order valence-electron chi connectivity index (χ0n) is 6.17. The van der Waals surface area contributed by atoms with Gasteiger partial charge in [-0.25, -0.2) is 0 Å². The van der Waals surface area contributed by atoms with Crippen LogP contribution in [0.5, 0.6) is 0 Å². The Morgan fingerprint density at radius 1 is 1.25 bits per heavy atom. The zero-order valence-corrected chi connectivity index (χ0v) is 7.68. The molecule has 2 nitrogen and oxygen atoms in total. The first kappa shape index (κ1) is 9.87. The molecule has 0 unspecified atom stereocenters. The second-order valence-corrected chi connectivity index (χ2v) is 3.18. The highest BCUT2D eigenvalue weighted by molar-refractivity contribution is 6.44. The van der Waals surface area contributed by atoms with Crippen LogP contribution in [-0.2, 0) is 6.32 Å². The summed E-state index contributed by atoms with van der Waals surface area (Å²) in [6.45, 7) is 0. The monoisotopic (exact) mass is 204 g/mol. The third-order valence-corrected chi connectivity index (χ3v) is 2.29. The van der Waals surface area contributed by atoms with Crippen LogP contribution in [0.15, 0.2) is 18.2 Å². The zero-order chi connectivity index (χ0) is 9.14. The van der Waals surface area contributed by atoms with E-state index in [1.165, 1.54) is 0 Å². The Balaban J connectivity index is 2.92. The minimum Gasteiger partial charge on any atom is -0.427 e. The van der Waals surface area contributed by atoms with Gasteiger partial charge in [0.05, 0.1) is 10.0 Å². The first-order chi connectivity index (χ1) is 5.61. The van der Waals surface area contributed by atoms with Gasteiger partial charge in [-0.1, -0.05) is 35.3 Å². The third-order valence-electron chi connectivity index (χ3n) is 1.43. The molecule has 1 rings (SSSR count). The minimum atomic E-state index is -1.39. The van der Waals surface area contributed by atoms with Crippen LogP contribution in [-0.4, -0.2) is 17.2 Å². The molecule has 0 spiro atoms. The van der Waals surface area contributed by atoms with Gasteiger partial charge in [0, 0.05) is 6.32 Å². The lowest BCUT2D eigenvalue weighted by molar-refractivity contribution is 0.405. The molecule has 1 aromatic rings. The van der Waals surface area contributed by atoms with E-state index in [1.807, 2.05) is 0 Å². The standard InChI is InChI=1S/C7H7BCl2O2/c9-6-3-1-2-5(7(6)10)4-8(11)12/h1-3,11-12H,4H2. The van der Waals surface area contributed by atoms with E-state index < -0.39 is 7.12 Å². The summed E-state index contributed by atoms with van der Waals surface area (Å²) in [5.41, 5.74) is 0.638. The largest absolute Gasteiger partial charge is 0.456 e. The Morgan fingerprint density at radius 2 is 1.92 bits per heavy atom. The summed E-state index contributed by atoms with van der Waals surface area (Å²) in [5, 5.41) is 18.2. The first-order valence-electron chi connectivity index (χ1n) is 3.40. The first-order valence-corrected chi connectivity index (χ1v) is 4.16. The number of hydrogen-bond acceptors (Lipinski definition) is 2. The molecule has 5 heteroatoms. The Kier molecular flexibility index (Phi) is 3.41. The van der Waals surface area contributed by atoms with Gasteiger partial charge in [0.25, 0.3) is 0 Å². The van der Waals surface area contributed by atoms with Crippen LogP contribution in [0.4, 0.5) is 0 Å². The van der Waals surface area contributed by atoms with E-state index >= 15 is 0 Å². The molecule has 0 atom stereocenters. The summed E-state index contributed by atoms with van der Waals surface area (Å²) in [7, 11) is -1.39. The van der Waals surface area contributed by atoms with Crippen molar-refractivity contribution in [3.63, 3.8) is 0 Å². The molecule has 0 saturated carbocycles. The van der Waals surface area contributed by atoms with Gasteiger partial charge in [0.2, 0.25) is 0 Å². The van der Waals surface area contributed by atoms with Gasteiger partial charge in [-0.3, -0.25) is 0 Å². The second-order valence-electron chi connectivity index (χ2n) is 2.40. The molecule has 0 amide bonds. The molecule has 0 fully saturated rings. The van der Waals surface area contributed by atoms with Crippen molar-refractivity contribution in [1.82, 2.24) is 0 Å². The van der Waals surface area contributed by atoms with Crippen molar-refractivity contribution >= 4 is 30.3 Å².